The lowest BCUT2D eigenvalue weighted by molar-refractivity contribution is 0.147. The number of anilines is 2. The van der Waals surface area contributed by atoms with Crippen molar-refractivity contribution >= 4 is 11.4 Å². The number of nitrogens with two attached hydrogens (primary N) is 2. The van der Waals surface area contributed by atoms with Crippen molar-refractivity contribution in [2.24, 2.45) is 0 Å². The molecule has 0 aromatic carbocycles. The highest BCUT2D eigenvalue weighted by Gasteiger charge is 2.18. The summed E-state index contributed by atoms with van der Waals surface area (Å²) in [6.45, 7) is -0.579. The molecule has 1 rings (SSSR count). The Kier molecular flexibility index (Phi) is 2.62. The Labute approximate surface area is 73.2 Å². The first-order valence-corrected chi connectivity index (χ1v) is 3.49. The van der Waals surface area contributed by atoms with E-state index in [0.717, 1.165) is 6.20 Å². The van der Waals surface area contributed by atoms with Crippen molar-refractivity contribution in [1.29, 1.82) is 0 Å². The van der Waals surface area contributed by atoms with Gasteiger partial charge < -0.3 is 16.6 Å². The van der Waals surface area contributed by atoms with Crippen LogP contribution in [0.3, 0.4) is 0 Å². The molecule has 0 amide bonds. The van der Waals surface area contributed by atoms with Crippen molar-refractivity contribution in [3.05, 3.63) is 17.5 Å². The fourth-order valence-electron chi connectivity index (χ4n) is 0.967. The van der Waals surface area contributed by atoms with E-state index in [0.29, 0.717) is 0 Å². The van der Waals surface area contributed by atoms with Gasteiger partial charge in [0.25, 0.3) is 6.43 Å². The maximum atomic E-state index is 12.4. The van der Waals surface area contributed by atoms with E-state index in [4.69, 9.17) is 16.6 Å². The summed E-state index contributed by atoms with van der Waals surface area (Å²) in [5.41, 5.74) is 9.74. The molecule has 5 N–H and O–H groups in total. The first-order chi connectivity index (χ1) is 6.07. The van der Waals surface area contributed by atoms with Gasteiger partial charge in [-0.15, -0.1) is 0 Å². The van der Waals surface area contributed by atoms with Crippen molar-refractivity contribution < 1.29 is 13.9 Å². The molecule has 1 aromatic rings. The molecule has 4 nitrogen and oxygen atoms in total. The van der Waals surface area contributed by atoms with Crippen molar-refractivity contribution in [1.82, 2.24) is 4.98 Å². The van der Waals surface area contributed by atoms with Gasteiger partial charge in [0.05, 0.1) is 35.4 Å². The lowest BCUT2D eigenvalue weighted by atomic mass is 10.1. The molecule has 0 unspecified atom stereocenters. The Hall–Kier alpha value is -1.43. The van der Waals surface area contributed by atoms with Crippen LogP contribution in [0, 0.1) is 0 Å². The minimum Gasteiger partial charge on any atom is -0.397 e. The van der Waals surface area contributed by atoms with Gasteiger partial charge in [-0.1, -0.05) is 0 Å². The van der Waals surface area contributed by atoms with Crippen LogP contribution in [0.15, 0.2) is 6.20 Å². The van der Waals surface area contributed by atoms with E-state index < -0.39 is 18.6 Å². The van der Waals surface area contributed by atoms with Crippen LogP contribution < -0.4 is 11.5 Å². The number of aromatic nitrogens is 1. The molecule has 0 aliphatic heterocycles. The van der Waals surface area contributed by atoms with E-state index in [1.807, 2.05) is 0 Å². The molecule has 0 aliphatic carbocycles. The van der Waals surface area contributed by atoms with E-state index >= 15 is 0 Å². The minimum atomic E-state index is -2.78. The molecule has 0 aliphatic rings. The maximum Gasteiger partial charge on any atom is 0.267 e. The number of nitrogens with zero attached hydrogens (tertiary/aromatic N) is 1. The van der Waals surface area contributed by atoms with Crippen molar-refractivity contribution in [2.45, 2.75) is 13.0 Å². The minimum absolute atomic E-state index is 0.00694. The van der Waals surface area contributed by atoms with Gasteiger partial charge in [-0.05, 0) is 0 Å². The predicted molar refractivity (Wildman–Crippen MR) is 43.9 cm³/mol. The van der Waals surface area contributed by atoms with Crippen LogP contribution >= 0.6 is 0 Å². The zero-order chi connectivity index (χ0) is 10.0. The monoisotopic (exact) mass is 189 g/mol. The Balaban J connectivity index is 3.32. The second kappa shape index (κ2) is 3.53. The summed E-state index contributed by atoms with van der Waals surface area (Å²) in [4.78, 5) is 3.54. The average Bonchev–Trinajstić information content (AvgIpc) is 2.08. The summed E-state index contributed by atoms with van der Waals surface area (Å²) in [6.07, 6.45) is -1.63. The van der Waals surface area contributed by atoms with Crippen LogP contribution in [-0.4, -0.2) is 10.1 Å². The predicted octanol–water partition coefficient (Wildman–Crippen LogP) is 0.676. The van der Waals surface area contributed by atoms with Gasteiger partial charge in [0.2, 0.25) is 0 Å². The van der Waals surface area contributed by atoms with Crippen molar-refractivity contribution in [3.8, 4) is 0 Å². The van der Waals surface area contributed by atoms with Gasteiger partial charge in [-0.2, -0.15) is 0 Å². The molecule has 6 heteroatoms. The van der Waals surface area contributed by atoms with Crippen LogP contribution in [0.2, 0.25) is 0 Å². The highest BCUT2D eigenvalue weighted by Crippen LogP contribution is 2.30. The maximum absolute atomic E-state index is 12.4. The van der Waals surface area contributed by atoms with Crippen molar-refractivity contribution in [2.75, 3.05) is 11.5 Å². The highest BCUT2D eigenvalue weighted by molar-refractivity contribution is 5.67. The number of pyridine rings is 1. The molecule has 0 radical (unpaired) electrons. The molecule has 72 valence electrons. The third-order valence-corrected chi connectivity index (χ3v) is 1.64. The Morgan fingerprint density at radius 3 is 2.54 bits per heavy atom. The number of halogens is 2. The molecule has 0 spiro atoms. The fraction of sp³-hybridized carbons (Fsp3) is 0.286. The van der Waals surface area contributed by atoms with E-state index in [1.54, 1.807) is 0 Å². The van der Waals surface area contributed by atoms with Gasteiger partial charge in [0.1, 0.15) is 0 Å². The van der Waals surface area contributed by atoms with Crippen molar-refractivity contribution in [3.63, 3.8) is 0 Å². The molecule has 0 saturated heterocycles. The van der Waals surface area contributed by atoms with Gasteiger partial charge >= 0.3 is 0 Å². The second-order valence-corrected chi connectivity index (χ2v) is 2.45. The summed E-state index contributed by atoms with van der Waals surface area (Å²) in [5, 5.41) is 8.69. The summed E-state index contributed by atoms with van der Waals surface area (Å²) in [6, 6.07) is 0. The number of aliphatic hydroxyl groups is 1. The molecule has 1 heterocycles. The van der Waals surface area contributed by atoms with Gasteiger partial charge in [0.15, 0.2) is 0 Å². The number of hydrogen-bond donors (Lipinski definition) is 3. The van der Waals surface area contributed by atoms with E-state index in [1.165, 1.54) is 0 Å². The summed E-state index contributed by atoms with van der Waals surface area (Å²) < 4.78 is 24.7. The molecule has 0 saturated carbocycles. The highest BCUT2D eigenvalue weighted by atomic mass is 19.3. The number of alkyl halides is 2. The normalized spacial score (nSPS) is 10.8. The standard InChI is InChI=1S/C7H9F2N3O/c8-7(9)5-4(2-13)12-1-3(10)6(5)11/h1,7,13H,2,10H2,(H2,11,12). The van der Waals surface area contributed by atoms with Gasteiger partial charge in [-0.3, -0.25) is 4.98 Å². The Morgan fingerprint density at radius 1 is 1.46 bits per heavy atom. The van der Waals surface area contributed by atoms with Crippen LogP contribution in [0.1, 0.15) is 17.7 Å². The summed E-state index contributed by atoms with van der Waals surface area (Å²) >= 11 is 0. The van der Waals surface area contributed by atoms with Crippen LogP contribution in [0.4, 0.5) is 20.2 Å². The molecule has 0 atom stereocenters. The second-order valence-electron chi connectivity index (χ2n) is 2.45. The first kappa shape index (κ1) is 9.66. The quantitative estimate of drug-likeness (QED) is 0.638. The van der Waals surface area contributed by atoms with Crippen LogP contribution in [-0.2, 0) is 6.61 Å². The Morgan fingerprint density at radius 2 is 2.08 bits per heavy atom. The van der Waals surface area contributed by atoms with Crippen LogP contribution in [0.5, 0.6) is 0 Å². The lowest BCUT2D eigenvalue weighted by Gasteiger charge is -2.10. The van der Waals surface area contributed by atoms with E-state index in [2.05, 4.69) is 4.98 Å². The molecule has 0 bridgehead atoms. The average molecular weight is 189 g/mol. The van der Waals surface area contributed by atoms with Crippen LogP contribution in [0.25, 0.3) is 0 Å². The van der Waals surface area contributed by atoms with Gasteiger partial charge in [0, 0.05) is 0 Å². The molecular weight excluding hydrogens is 180 g/mol. The number of hydrogen-bond acceptors (Lipinski definition) is 4. The third kappa shape index (κ3) is 1.67. The van der Waals surface area contributed by atoms with E-state index in [-0.39, 0.29) is 17.1 Å². The SMILES string of the molecule is Nc1cnc(CO)c(C(F)F)c1N. The smallest absolute Gasteiger partial charge is 0.267 e. The van der Waals surface area contributed by atoms with Gasteiger partial charge in [-0.25, -0.2) is 8.78 Å². The zero-order valence-corrected chi connectivity index (χ0v) is 6.67. The number of aliphatic hydroxyl groups excluding tert-OH is 1. The number of nitrogen functional groups attached to an aromatic ring is 2. The zero-order valence-electron chi connectivity index (χ0n) is 6.67. The Bertz CT molecular complexity index is 317. The van der Waals surface area contributed by atoms with E-state index in [9.17, 15) is 8.78 Å². The summed E-state index contributed by atoms with van der Waals surface area (Å²) in [5.74, 6) is 0. The summed E-state index contributed by atoms with van der Waals surface area (Å²) in [7, 11) is 0. The lowest BCUT2D eigenvalue weighted by Crippen LogP contribution is -2.06. The largest absolute Gasteiger partial charge is 0.397 e. The number of rotatable bonds is 2. The third-order valence-electron chi connectivity index (χ3n) is 1.64. The molecular formula is C7H9F2N3O. The molecule has 13 heavy (non-hydrogen) atoms. The topological polar surface area (TPSA) is 85.2 Å². The fourth-order valence-corrected chi connectivity index (χ4v) is 0.967. The first-order valence-electron chi connectivity index (χ1n) is 3.49. The molecule has 0 fully saturated rings. The molecule has 1 aromatic heterocycles.